The molecular formula is C28H33F3N8O3S. The molecule has 11 nitrogen and oxygen atoms in total. The summed E-state index contributed by atoms with van der Waals surface area (Å²) in [5, 5.41) is 10.1. The van der Waals surface area contributed by atoms with Crippen LogP contribution in [0.15, 0.2) is 35.7 Å². The second-order valence-corrected chi connectivity index (χ2v) is 11.6. The van der Waals surface area contributed by atoms with Crippen molar-refractivity contribution in [2.45, 2.75) is 36.0 Å². The Hall–Kier alpha value is -3.74. The van der Waals surface area contributed by atoms with Crippen LogP contribution in [-0.2, 0) is 16.1 Å². The van der Waals surface area contributed by atoms with Gasteiger partial charge in [0.2, 0.25) is 5.91 Å². The molecule has 3 aromatic rings. The van der Waals surface area contributed by atoms with Gasteiger partial charge in [-0.2, -0.15) is 18.3 Å². The molecule has 0 saturated carbocycles. The zero-order chi connectivity index (χ0) is 30.6. The fourth-order valence-electron chi connectivity index (χ4n) is 5.20. The Bertz CT molecular complexity index is 1530. The van der Waals surface area contributed by atoms with Crippen molar-refractivity contribution in [2.24, 2.45) is 5.92 Å². The van der Waals surface area contributed by atoms with Gasteiger partial charge in [-0.25, -0.2) is 4.98 Å². The molecule has 4 bridgehead atoms. The zero-order valence-corrected chi connectivity index (χ0v) is 24.7. The number of hydrogen-bond acceptors (Lipinski definition) is 8. The topological polar surface area (TPSA) is 109 Å². The van der Waals surface area contributed by atoms with Gasteiger partial charge in [0, 0.05) is 56.9 Å². The van der Waals surface area contributed by atoms with Crippen molar-refractivity contribution in [1.82, 2.24) is 34.3 Å². The van der Waals surface area contributed by atoms with Crippen molar-refractivity contribution in [3.63, 3.8) is 0 Å². The number of ether oxygens (including phenoxy) is 1. The molecule has 2 amide bonds. The van der Waals surface area contributed by atoms with Crippen molar-refractivity contribution in [3.05, 3.63) is 42.0 Å². The largest absolute Gasteiger partial charge is 0.447 e. The van der Waals surface area contributed by atoms with E-state index in [1.165, 1.54) is 16.8 Å². The number of likely N-dealkylation sites (tertiary alicyclic amines) is 1. The first kappa shape index (κ1) is 30.7. The third kappa shape index (κ3) is 7.62. The number of carbonyl (C=O) groups is 2. The number of aromatic nitrogens is 4. The highest BCUT2D eigenvalue weighted by atomic mass is 32.2. The number of alkyl halides is 3. The van der Waals surface area contributed by atoms with Crippen LogP contribution >= 0.6 is 11.8 Å². The van der Waals surface area contributed by atoms with Crippen LogP contribution in [0.2, 0.25) is 0 Å². The minimum Gasteiger partial charge on any atom is -0.379 e. The first-order valence-electron chi connectivity index (χ1n) is 13.9. The number of nitrogens with zero attached hydrogens (tertiary/aromatic N) is 6. The van der Waals surface area contributed by atoms with Gasteiger partial charge in [-0.3, -0.25) is 18.7 Å². The SMILES string of the molecule is CN1CC[C@@H]2Nc3cccn4c(SC(F)(F)F)c(nc34)C#CCNC(=O)c3cnn(c3)CCOCCCN(C)C(=O)[C@H]2C1. The molecule has 0 aliphatic carbocycles. The molecule has 0 radical (unpaired) electrons. The minimum atomic E-state index is -4.58. The Morgan fingerprint density at radius 2 is 2.00 bits per heavy atom. The molecule has 2 atom stereocenters. The van der Waals surface area contributed by atoms with Crippen molar-refractivity contribution in [1.29, 1.82) is 0 Å². The third-order valence-corrected chi connectivity index (χ3v) is 8.17. The van der Waals surface area contributed by atoms with Crippen LogP contribution in [-0.4, -0.2) is 106 Å². The first-order valence-corrected chi connectivity index (χ1v) is 14.7. The van der Waals surface area contributed by atoms with Gasteiger partial charge in [0.1, 0.15) is 10.7 Å². The van der Waals surface area contributed by atoms with E-state index in [4.69, 9.17) is 4.74 Å². The number of nitrogens with one attached hydrogen (secondary N) is 2. The van der Waals surface area contributed by atoms with E-state index in [0.29, 0.717) is 56.9 Å². The Labute approximate surface area is 251 Å². The number of halogens is 3. The van der Waals surface area contributed by atoms with Crippen molar-refractivity contribution in [2.75, 3.05) is 58.8 Å². The smallest absolute Gasteiger partial charge is 0.379 e. The maximum Gasteiger partial charge on any atom is 0.447 e. The summed E-state index contributed by atoms with van der Waals surface area (Å²) in [6.45, 7) is 2.99. The van der Waals surface area contributed by atoms with E-state index in [0.717, 1.165) is 6.54 Å². The maximum atomic E-state index is 13.6. The van der Waals surface area contributed by atoms with Gasteiger partial charge in [-0.05, 0) is 44.5 Å². The summed E-state index contributed by atoms with van der Waals surface area (Å²) in [4.78, 5) is 34.4. The molecule has 230 valence electrons. The highest BCUT2D eigenvalue weighted by Gasteiger charge is 2.36. The Balaban J connectivity index is 1.49. The van der Waals surface area contributed by atoms with Crippen LogP contribution in [0.25, 0.3) is 5.65 Å². The van der Waals surface area contributed by atoms with Gasteiger partial charge in [-0.15, -0.1) is 0 Å². The number of thioether (sulfide) groups is 1. The number of hydrogen-bond donors (Lipinski definition) is 2. The maximum absolute atomic E-state index is 13.6. The average molecular weight is 619 g/mol. The predicted molar refractivity (Wildman–Crippen MR) is 155 cm³/mol. The van der Waals surface area contributed by atoms with Crippen molar-refractivity contribution in [3.8, 4) is 11.8 Å². The third-order valence-electron chi connectivity index (χ3n) is 7.36. The Morgan fingerprint density at radius 1 is 1.16 bits per heavy atom. The molecule has 2 aliphatic rings. The normalized spacial score (nSPS) is 21.6. The Morgan fingerprint density at radius 3 is 2.81 bits per heavy atom. The van der Waals surface area contributed by atoms with Crippen molar-refractivity contribution >= 4 is 34.9 Å². The second kappa shape index (κ2) is 13.3. The summed E-state index contributed by atoms with van der Waals surface area (Å²) >= 11 is -0.298. The van der Waals surface area contributed by atoms with E-state index in [-0.39, 0.29) is 52.5 Å². The van der Waals surface area contributed by atoms with E-state index in [1.807, 2.05) is 7.05 Å². The summed E-state index contributed by atoms with van der Waals surface area (Å²) in [6, 6.07) is 3.12. The molecule has 1 saturated heterocycles. The van der Waals surface area contributed by atoms with Crippen LogP contribution in [0.3, 0.4) is 0 Å². The second-order valence-electron chi connectivity index (χ2n) is 10.5. The molecule has 0 unspecified atom stereocenters. The van der Waals surface area contributed by atoms with E-state index in [1.54, 1.807) is 35.0 Å². The van der Waals surface area contributed by atoms with Crippen LogP contribution in [0.4, 0.5) is 18.9 Å². The molecule has 43 heavy (non-hydrogen) atoms. The van der Waals surface area contributed by atoms with Gasteiger partial charge in [0.25, 0.3) is 5.91 Å². The average Bonchev–Trinajstić information content (AvgIpc) is 3.57. The van der Waals surface area contributed by atoms with E-state index in [9.17, 15) is 22.8 Å². The Kier molecular flexibility index (Phi) is 9.48. The fraction of sp³-hybridized carbons (Fsp3) is 0.500. The van der Waals surface area contributed by atoms with Crippen LogP contribution in [0, 0.1) is 17.8 Å². The number of rotatable bonds is 1. The number of carbonyl (C=O) groups excluding carboxylic acids is 2. The molecule has 15 heteroatoms. The first-order chi connectivity index (χ1) is 20.6. The minimum absolute atomic E-state index is 0.0150. The van der Waals surface area contributed by atoms with Gasteiger partial charge < -0.3 is 25.2 Å². The van der Waals surface area contributed by atoms with Gasteiger partial charge in [-0.1, -0.05) is 5.92 Å². The van der Waals surface area contributed by atoms with Gasteiger partial charge in [0.15, 0.2) is 5.65 Å². The highest BCUT2D eigenvalue weighted by Crippen LogP contribution is 2.39. The molecule has 2 aliphatic heterocycles. The predicted octanol–water partition coefficient (Wildman–Crippen LogP) is 2.54. The number of fused-ring (bicyclic) bond motifs is 4. The number of imidazole rings is 1. The number of amides is 2. The lowest BCUT2D eigenvalue weighted by molar-refractivity contribution is -0.136. The van der Waals surface area contributed by atoms with Crippen molar-refractivity contribution < 1.29 is 27.5 Å². The monoisotopic (exact) mass is 618 g/mol. The molecule has 1 fully saturated rings. The summed E-state index contributed by atoms with van der Waals surface area (Å²) < 4.78 is 49.5. The van der Waals surface area contributed by atoms with Gasteiger partial charge in [0.05, 0.1) is 43.1 Å². The molecule has 5 heterocycles. The highest BCUT2D eigenvalue weighted by molar-refractivity contribution is 8.00. The molecule has 5 rings (SSSR count). The van der Waals surface area contributed by atoms with E-state index < -0.39 is 11.4 Å². The number of pyridine rings is 1. The number of anilines is 1. The molecule has 2 N–H and O–H groups in total. The zero-order valence-electron chi connectivity index (χ0n) is 23.9. The summed E-state index contributed by atoms with van der Waals surface area (Å²) in [5.41, 5.74) is -3.54. The van der Waals surface area contributed by atoms with Crippen LogP contribution < -0.4 is 10.6 Å². The summed E-state index contributed by atoms with van der Waals surface area (Å²) in [7, 11) is 3.74. The van der Waals surface area contributed by atoms with Gasteiger partial charge >= 0.3 is 5.51 Å². The van der Waals surface area contributed by atoms with E-state index >= 15 is 0 Å². The molecule has 0 spiro atoms. The van der Waals surface area contributed by atoms with E-state index in [2.05, 4.69) is 37.5 Å². The van der Waals surface area contributed by atoms with Crippen LogP contribution in [0.1, 0.15) is 28.9 Å². The number of piperidine rings is 1. The standard InChI is InChI=1S/C28H33F3N8O3S/c1-36-12-8-21-20(18-36)26(41)37(2)10-5-14-42-15-13-38-17-19(16-33-38)25(40)32-9-3-6-23-27(43-28(29,30)31)39-11-4-7-22(34-21)24(39)35-23/h4,7,11,16-17,20-21,34H,5,8-10,12-15,18H2,1-2H3,(H,32,40)/t20-,21-/m0/s1. The summed E-state index contributed by atoms with van der Waals surface area (Å²) in [6.07, 6.45) is 5.82. The van der Waals surface area contributed by atoms with Crippen LogP contribution in [0.5, 0.6) is 0 Å². The summed E-state index contributed by atoms with van der Waals surface area (Å²) in [5.74, 6) is 4.63. The molecular weight excluding hydrogens is 585 g/mol. The lowest BCUT2D eigenvalue weighted by atomic mass is 9.90. The lowest BCUT2D eigenvalue weighted by Crippen LogP contribution is -2.52. The molecule has 3 aromatic heterocycles. The lowest BCUT2D eigenvalue weighted by Gasteiger charge is -2.38. The quantitative estimate of drug-likeness (QED) is 0.317. The molecule has 0 aromatic carbocycles. The fourth-order valence-corrected chi connectivity index (χ4v) is 5.86.